The first-order valence-corrected chi connectivity index (χ1v) is 6.82. The Morgan fingerprint density at radius 3 is 2.43 bits per heavy atom. The minimum Gasteiger partial charge on any atom is -0.495 e. The summed E-state index contributed by atoms with van der Waals surface area (Å²) in [6, 6.07) is 2.67. The quantitative estimate of drug-likeness (QED) is 0.787. The molecule has 0 aliphatic carbocycles. The Bertz CT molecular complexity index is 458. The fourth-order valence-electron chi connectivity index (χ4n) is 0.854. The largest absolute Gasteiger partial charge is 0.495 e. The molecular weight excluding hydrogens is 315 g/mol. The first-order chi connectivity index (χ1) is 6.36. The maximum Gasteiger partial charge on any atom is 0.262 e. The van der Waals surface area contributed by atoms with E-state index in [2.05, 4.69) is 15.9 Å². The van der Waals surface area contributed by atoms with Gasteiger partial charge in [-0.1, -0.05) is 11.6 Å². The van der Waals surface area contributed by atoms with Crippen LogP contribution in [0.15, 0.2) is 21.5 Å². The molecule has 0 bridgehead atoms. The van der Waals surface area contributed by atoms with Crippen LogP contribution in [0, 0.1) is 0 Å². The molecule has 14 heavy (non-hydrogen) atoms. The molecule has 0 amide bonds. The fourth-order valence-corrected chi connectivity index (χ4v) is 3.41. The first-order valence-electron chi connectivity index (χ1n) is 3.34. The number of methoxy groups -OCH3 is 1. The highest BCUT2D eigenvalue weighted by molar-refractivity contribution is 9.10. The van der Waals surface area contributed by atoms with Crippen molar-refractivity contribution in [3.05, 3.63) is 21.6 Å². The van der Waals surface area contributed by atoms with E-state index in [1.165, 1.54) is 19.2 Å². The summed E-state index contributed by atoms with van der Waals surface area (Å²) in [5.74, 6) is 0.258. The predicted molar refractivity (Wildman–Crippen MR) is 58.7 cm³/mol. The number of hydrogen-bond donors (Lipinski definition) is 0. The van der Waals surface area contributed by atoms with E-state index >= 15 is 0 Å². The Labute approximate surface area is 99.5 Å². The zero-order valence-electron chi connectivity index (χ0n) is 6.92. The number of hydrogen-bond acceptors (Lipinski definition) is 3. The molecule has 0 aliphatic rings. The van der Waals surface area contributed by atoms with E-state index in [0.29, 0.717) is 9.50 Å². The third-order valence-corrected chi connectivity index (χ3v) is 4.04. The zero-order chi connectivity index (χ0) is 10.9. The maximum absolute atomic E-state index is 11.1. The smallest absolute Gasteiger partial charge is 0.262 e. The number of rotatable bonds is 2. The van der Waals surface area contributed by atoms with Crippen LogP contribution in [0.5, 0.6) is 5.75 Å². The molecule has 1 rings (SSSR count). The lowest BCUT2D eigenvalue weighted by molar-refractivity contribution is 0.413. The van der Waals surface area contributed by atoms with Gasteiger partial charge in [-0.05, 0) is 22.0 Å². The fraction of sp³-hybridized carbons (Fsp3) is 0.143. The second-order valence-electron chi connectivity index (χ2n) is 2.36. The van der Waals surface area contributed by atoms with Crippen LogP contribution in [0.4, 0.5) is 0 Å². The van der Waals surface area contributed by atoms with E-state index in [-0.39, 0.29) is 10.6 Å². The van der Waals surface area contributed by atoms with E-state index < -0.39 is 9.05 Å². The molecule has 1 aromatic carbocycles. The van der Waals surface area contributed by atoms with Gasteiger partial charge in [0.25, 0.3) is 9.05 Å². The average molecular weight is 320 g/mol. The highest BCUT2D eigenvalue weighted by Gasteiger charge is 2.17. The van der Waals surface area contributed by atoms with Crippen LogP contribution in [0.3, 0.4) is 0 Å². The van der Waals surface area contributed by atoms with Gasteiger partial charge in [0.05, 0.1) is 12.1 Å². The van der Waals surface area contributed by atoms with Gasteiger partial charge in [-0.2, -0.15) is 0 Å². The van der Waals surface area contributed by atoms with Crippen molar-refractivity contribution in [3.8, 4) is 5.75 Å². The zero-order valence-corrected chi connectivity index (χ0v) is 10.8. The summed E-state index contributed by atoms with van der Waals surface area (Å²) in [6.07, 6.45) is 0. The highest BCUT2D eigenvalue weighted by Crippen LogP contribution is 2.34. The Kier molecular flexibility index (Phi) is 3.69. The summed E-state index contributed by atoms with van der Waals surface area (Å²) in [4.78, 5) is -0.0691. The van der Waals surface area contributed by atoms with E-state index in [9.17, 15) is 8.42 Å². The van der Waals surface area contributed by atoms with Crippen LogP contribution in [0.2, 0.25) is 5.02 Å². The summed E-state index contributed by atoms with van der Waals surface area (Å²) in [5, 5.41) is 0.309. The minimum atomic E-state index is -3.80. The summed E-state index contributed by atoms with van der Waals surface area (Å²) < 4.78 is 27.3. The first kappa shape index (κ1) is 12.1. The summed E-state index contributed by atoms with van der Waals surface area (Å²) in [6.45, 7) is 0. The van der Waals surface area contributed by atoms with E-state index in [4.69, 9.17) is 27.0 Å². The van der Waals surface area contributed by atoms with Crippen LogP contribution < -0.4 is 4.74 Å². The Morgan fingerprint density at radius 2 is 2.00 bits per heavy atom. The molecule has 78 valence electrons. The van der Waals surface area contributed by atoms with Crippen LogP contribution in [-0.2, 0) is 9.05 Å². The molecule has 0 fully saturated rings. The molecule has 7 heteroatoms. The molecule has 1 aromatic rings. The maximum atomic E-state index is 11.1. The van der Waals surface area contributed by atoms with Crippen LogP contribution in [-0.4, -0.2) is 15.5 Å². The SMILES string of the molecule is COc1cc(S(=O)(=O)Cl)c(Br)cc1Cl. The van der Waals surface area contributed by atoms with Gasteiger partial charge >= 0.3 is 0 Å². The highest BCUT2D eigenvalue weighted by atomic mass is 79.9. The van der Waals surface area contributed by atoms with Crippen molar-refractivity contribution >= 4 is 47.3 Å². The molecule has 3 nitrogen and oxygen atoms in total. The second kappa shape index (κ2) is 4.26. The van der Waals surface area contributed by atoms with Crippen molar-refractivity contribution in [2.24, 2.45) is 0 Å². The monoisotopic (exact) mass is 318 g/mol. The van der Waals surface area contributed by atoms with Crippen molar-refractivity contribution in [3.63, 3.8) is 0 Å². The van der Waals surface area contributed by atoms with Crippen LogP contribution in [0.1, 0.15) is 0 Å². The topological polar surface area (TPSA) is 43.4 Å². The second-order valence-corrected chi connectivity index (χ2v) is 6.15. The standard InChI is InChI=1S/C7H5BrCl2O3S/c1-13-6-3-7(14(10,11)12)4(8)2-5(6)9/h2-3H,1H3. The van der Waals surface area contributed by atoms with Crippen molar-refractivity contribution < 1.29 is 13.2 Å². The molecule has 0 aromatic heterocycles. The van der Waals surface area contributed by atoms with E-state index in [1.54, 1.807) is 0 Å². The van der Waals surface area contributed by atoms with Gasteiger partial charge in [-0.25, -0.2) is 8.42 Å². The van der Waals surface area contributed by atoms with Gasteiger partial charge in [-0.15, -0.1) is 0 Å². The average Bonchev–Trinajstić information content (AvgIpc) is 2.02. The molecule has 0 unspecified atom stereocenters. The molecule has 0 spiro atoms. The molecule has 0 saturated heterocycles. The summed E-state index contributed by atoms with van der Waals surface area (Å²) in [7, 11) is 2.78. The number of ether oxygens (including phenoxy) is 1. The molecule has 0 N–H and O–H groups in total. The normalized spacial score (nSPS) is 11.4. The third kappa shape index (κ3) is 2.53. The van der Waals surface area contributed by atoms with Crippen molar-refractivity contribution in [1.29, 1.82) is 0 Å². The van der Waals surface area contributed by atoms with E-state index in [0.717, 1.165) is 0 Å². The third-order valence-electron chi connectivity index (χ3n) is 1.47. The summed E-state index contributed by atoms with van der Waals surface area (Å²) in [5.41, 5.74) is 0. The molecule has 0 heterocycles. The number of benzene rings is 1. The lowest BCUT2D eigenvalue weighted by Gasteiger charge is -2.06. The number of halogens is 3. The van der Waals surface area contributed by atoms with Crippen molar-refractivity contribution in [2.45, 2.75) is 4.90 Å². The minimum absolute atomic E-state index is 0.0691. The Balaban J connectivity index is 3.47. The van der Waals surface area contributed by atoms with Gasteiger partial charge in [0, 0.05) is 21.2 Å². The van der Waals surface area contributed by atoms with Crippen molar-refractivity contribution in [2.75, 3.05) is 7.11 Å². The van der Waals surface area contributed by atoms with Crippen LogP contribution >= 0.6 is 38.2 Å². The van der Waals surface area contributed by atoms with Gasteiger partial charge in [-0.3, -0.25) is 0 Å². The predicted octanol–water partition coefficient (Wildman–Crippen LogP) is 3.04. The molecule has 0 saturated carbocycles. The molecule has 0 aliphatic heterocycles. The molecule has 0 atom stereocenters. The van der Waals surface area contributed by atoms with Crippen molar-refractivity contribution in [1.82, 2.24) is 0 Å². The van der Waals surface area contributed by atoms with Gasteiger partial charge in [0.2, 0.25) is 0 Å². The molecular formula is C7H5BrCl2O3S. The summed E-state index contributed by atoms with van der Waals surface area (Å²) >= 11 is 8.80. The van der Waals surface area contributed by atoms with Crippen LogP contribution in [0.25, 0.3) is 0 Å². The van der Waals surface area contributed by atoms with Gasteiger partial charge in [0.1, 0.15) is 10.6 Å². The Hall–Kier alpha value is 0.0300. The van der Waals surface area contributed by atoms with E-state index in [1.807, 2.05) is 0 Å². The molecule has 0 radical (unpaired) electrons. The van der Waals surface area contributed by atoms with Gasteiger partial charge < -0.3 is 4.74 Å². The van der Waals surface area contributed by atoms with Gasteiger partial charge in [0.15, 0.2) is 0 Å². The Morgan fingerprint density at radius 1 is 1.43 bits per heavy atom. The lowest BCUT2D eigenvalue weighted by Crippen LogP contribution is -1.94. The lowest BCUT2D eigenvalue weighted by atomic mass is 10.3.